The molecule has 0 saturated heterocycles. The molecule has 0 aliphatic carbocycles. The van der Waals surface area contributed by atoms with Gasteiger partial charge in [-0.2, -0.15) is 0 Å². The van der Waals surface area contributed by atoms with E-state index in [1.165, 1.54) is 135 Å². The minimum Gasteiger partial charge on any atom is -0.462 e. The van der Waals surface area contributed by atoms with Gasteiger partial charge in [-0.25, -0.2) is 0 Å². The summed E-state index contributed by atoms with van der Waals surface area (Å²) in [4.78, 5) is 38.0. The van der Waals surface area contributed by atoms with Gasteiger partial charge in [-0.15, -0.1) is 0 Å². The Balaban J connectivity index is 4.34. The Hall–Kier alpha value is -3.67. The highest BCUT2D eigenvalue weighted by Gasteiger charge is 2.19. The number of carbonyl (C=O) groups excluding carboxylic acids is 3. The predicted octanol–water partition coefficient (Wildman–Crippen LogP) is 19.7. The molecule has 0 aromatic heterocycles. The number of ether oxygens (including phenoxy) is 3. The van der Waals surface area contributed by atoms with Crippen molar-refractivity contribution in [1.29, 1.82) is 0 Å². The van der Waals surface area contributed by atoms with Crippen LogP contribution in [0.2, 0.25) is 0 Å². The van der Waals surface area contributed by atoms with E-state index < -0.39 is 6.10 Å². The summed E-state index contributed by atoms with van der Waals surface area (Å²) in [6.07, 6.45) is 77.1. The molecule has 1 unspecified atom stereocenters. The number of carbonyl (C=O) groups is 3. The molecule has 70 heavy (non-hydrogen) atoms. The van der Waals surface area contributed by atoms with Crippen LogP contribution in [-0.2, 0) is 28.6 Å². The molecule has 0 aromatic carbocycles. The Morgan fingerprint density at radius 1 is 0.300 bits per heavy atom. The number of unbranched alkanes of at least 4 members (excludes halogenated alkanes) is 25. The minimum absolute atomic E-state index is 0.0954. The van der Waals surface area contributed by atoms with Crippen molar-refractivity contribution in [2.75, 3.05) is 13.2 Å². The van der Waals surface area contributed by atoms with Gasteiger partial charge in [0.05, 0.1) is 0 Å². The molecule has 0 saturated carbocycles. The van der Waals surface area contributed by atoms with Gasteiger partial charge in [-0.1, -0.05) is 253 Å². The molecule has 6 nitrogen and oxygen atoms in total. The maximum absolute atomic E-state index is 12.8. The summed E-state index contributed by atoms with van der Waals surface area (Å²) in [5.74, 6) is -0.961. The van der Waals surface area contributed by atoms with Crippen LogP contribution in [0.1, 0.15) is 271 Å². The molecular weight excluding hydrogens is 865 g/mol. The van der Waals surface area contributed by atoms with Crippen LogP contribution in [-0.4, -0.2) is 37.2 Å². The van der Waals surface area contributed by atoms with E-state index in [1.807, 2.05) is 0 Å². The van der Waals surface area contributed by atoms with Crippen molar-refractivity contribution < 1.29 is 28.6 Å². The molecule has 0 fully saturated rings. The number of hydrogen-bond acceptors (Lipinski definition) is 6. The Bertz CT molecular complexity index is 1400. The smallest absolute Gasteiger partial charge is 0.306 e. The Labute approximate surface area is 432 Å². The molecule has 0 radical (unpaired) electrons. The maximum Gasteiger partial charge on any atom is 0.306 e. The first-order chi connectivity index (χ1) is 34.5. The molecule has 0 N–H and O–H groups in total. The van der Waals surface area contributed by atoms with Crippen molar-refractivity contribution >= 4 is 17.9 Å². The van der Waals surface area contributed by atoms with E-state index in [2.05, 4.69) is 118 Å². The van der Waals surface area contributed by atoms with E-state index in [0.717, 1.165) is 89.9 Å². The van der Waals surface area contributed by atoms with Gasteiger partial charge in [0.1, 0.15) is 13.2 Å². The van der Waals surface area contributed by atoms with Crippen molar-refractivity contribution in [2.24, 2.45) is 0 Å². The lowest BCUT2D eigenvalue weighted by Gasteiger charge is -2.18. The van der Waals surface area contributed by atoms with Crippen molar-refractivity contribution in [3.63, 3.8) is 0 Å². The molecule has 0 heterocycles. The number of hydrogen-bond donors (Lipinski definition) is 0. The predicted molar refractivity (Wildman–Crippen MR) is 302 cm³/mol. The van der Waals surface area contributed by atoms with Gasteiger partial charge in [0.15, 0.2) is 6.10 Å². The molecular formula is C64H108O6. The first-order valence-electron chi connectivity index (χ1n) is 29.2. The van der Waals surface area contributed by atoms with Crippen LogP contribution >= 0.6 is 0 Å². The van der Waals surface area contributed by atoms with Gasteiger partial charge in [0.2, 0.25) is 0 Å². The molecule has 0 aromatic rings. The van der Waals surface area contributed by atoms with E-state index in [9.17, 15) is 14.4 Å². The van der Waals surface area contributed by atoms with Crippen molar-refractivity contribution in [3.8, 4) is 0 Å². The Kier molecular flexibility index (Phi) is 54.9. The van der Waals surface area contributed by atoms with Crippen LogP contribution in [0, 0.1) is 0 Å². The van der Waals surface area contributed by atoms with Gasteiger partial charge in [-0.3, -0.25) is 14.4 Å². The first-order valence-corrected chi connectivity index (χ1v) is 29.2. The van der Waals surface area contributed by atoms with Crippen LogP contribution in [0.15, 0.2) is 97.2 Å². The summed E-state index contributed by atoms with van der Waals surface area (Å²) in [7, 11) is 0. The van der Waals surface area contributed by atoms with Crippen molar-refractivity contribution in [3.05, 3.63) is 97.2 Å². The van der Waals surface area contributed by atoms with Crippen LogP contribution in [0.4, 0.5) is 0 Å². The van der Waals surface area contributed by atoms with Gasteiger partial charge in [0, 0.05) is 19.3 Å². The lowest BCUT2D eigenvalue weighted by Crippen LogP contribution is -2.30. The molecule has 0 amide bonds. The lowest BCUT2D eigenvalue weighted by atomic mass is 10.1. The molecule has 0 bridgehead atoms. The number of allylic oxidation sites excluding steroid dienone is 16. The van der Waals surface area contributed by atoms with Gasteiger partial charge < -0.3 is 14.2 Å². The second kappa shape index (κ2) is 57.9. The average Bonchev–Trinajstić information content (AvgIpc) is 3.36. The van der Waals surface area contributed by atoms with E-state index in [-0.39, 0.29) is 37.5 Å². The van der Waals surface area contributed by atoms with E-state index in [0.29, 0.717) is 19.3 Å². The zero-order valence-electron chi connectivity index (χ0n) is 45.8. The fraction of sp³-hybridized carbons (Fsp3) is 0.703. The summed E-state index contributed by atoms with van der Waals surface area (Å²) in [6, 6.07) is 0. The molecule has 6 heteroatoms. The van der Waals surface area contributed by atoms with Crippen LogP contribution in [0.5, 0.6) is 0 Å². The molecule has 0 rings (SSSR count). The Morgan fingerprint density at radius 3 is 0.943 bits per heavy atom. The first kappa shape index (κ1) is 66.3. The zero-order valence-corrected chi connectivity index (χ0v) is 45.8. The Morgan fingerprint density at radius 2 is 0.571 bits per heavy atom. The summed E-state index contributed by atoms with van der Waals surface area (Å²) >= 11 is 0. The van der Waals surface area contributed by atoms with E-state index in [4.69, 9.17) is 14.2 Å². The SMILES string of the molecule is CC/C=C\C/C=C\C/C=C\C/C=C\C/C=C\C/C=C\C/C=C\CCCC(=O)OCC(COC(=O)CCCCCCCCCC)OC(=O)CCCCCCCCCCC/C=C\CCCCCCCCCC. The van der Waals surface area contributed by atoms with Crippen molar-refractivity contribution in [1.82, 2.24) is 0 Å². The van der Waals surface area contributed by atoms with Crippen LogP contribution in [0.3, 0.4) is 0 Å². The third-order valence-electron chi connectivity index (χ3n) is 12.3. The van der Waals surface area contributed by atoms with E-state index >= 15 is 0 Å². The summed E-state index contributed by atoms with van der Waals surface area (Å²) < 4.78 is 16.8. The highest BCUT2D eigenvalue weighted by atomic mass is 16.6. The second-order valence-corrected chi connectivity index (χ2v) is 19.2. The zero-order chi connectivity index (χ0) is 50.7. The third kappa shape index (κ3) is 55.3. The molecule has 1 atom stereocenters. The third-order valence-corrected chi connectivity index (χ3v) is 12.3. The maximum atomic E-state index is 12.8. The lowest BCUT2D eigenvalue weighted by molar-refractivity contribution is -0.167. The van der Waals surface area contributed by atoms with Crippen LogP contribution in [0.25, 0.3) is 0 Å². The van der Waals surface area contributed by atoms with Crippen LogP contribution < -0.4 is 0 Å². The average molecular weight is 974 g/mol. The van der Waals surface area contributed by atoms with Gasteiger partial charge in [-0.05, 0) is 96.3 Å². The monoisotopic (exact) mass is 973 g/mol. The largest absolute Gasteiger partial charge is 0.462 e. The number of rotatable bonds is 52. The number of esters is 3. The standard InChI is InChI=1S/C64H108O6/c1-4-7-10-13-16-19-21-23-25-27-29-31-32-34-35-37-39-41-43-45-48-51-54-57-63(66)69-60-61(59-68-62(65)56-53-50-47-18-15-12-9-6-3)70-64(67)58-55-52-49-46-44-42-40-38-36-33-30-28-26-24-22-20-17-14-11-8-5-2/h7,10,16,19,23,25,28-31,34-35,39,41,45,48,61H,4-6,8-9,11-15,17-18,20-22,24,26-27,32-33,36-38,40,42-44,46-47,49-60H2,1-3H3/b10-7-,19-16-,25-23-,30-28-,31-29-,35-34-,41-39-,48-45-. The van der Waals surface area contributed by atoms with Gasteiger partial charge in [0.25, 0.3) is 0 Å². The highest BCUT2D eigenvalue weighted by molar-refractivity contribution is 5.71. The van der Waals surface area contributed by atoms with E-state index in [1.54, 1.807) is 0 Å². The molecule has 0 aliphatic rings. The topological polar surface area (TPSA) is 78.9 Å². The fourth-order valence-corrected chi connectivity index (χ4v) is 7.96. The minimum atomic E-state index is -0.800. The quantitative estimate of drug-likeness (QED) is 0.0262. The summed E-state index contributed by atoms with van der Waals surface area (Å²) in [5, 5.41) is 0. The molecule has 0 spiro atoms. The fourth-order valence-electron chi connectivity index (χ4n) is 7.96. The molecule has 0 aliphatic heterocycles. The molecule has 400 valence electrons. The highest BCUT2D eigenvalue weighted by Crippen LogP contribution is 2.15. The normalized spacial score (nSPS) is 12.8. The second-order valence-electron chi connectivity index (χ2n) is 19.2. The summed E-state index contributed by atoms with van der Waals surface area (Å²) in [5.41, 5.74) is 0. The summed E-state index contributed by atoms with van der Waals surface area (Å²) in [6.45, 7) is 6.45. The van der Waals surface area contributed by atoms with Crippen molar-refractivity contribution in [2.45, 2.75) is 277 Å². The van der Waals surface area contributed by atoms with Gasteiger partial charge >= 0.3 is 17.9 Å².